The molecule has 3 aromatic carbocycles. The number of methoxy groups -OCH3 is 3. The fourth-order valence-corrected chi connectivity index (χ4v) is 4.84. The monoisotopic (exact) mass is 643 g/mol. The molecule has 202 valence electrons. The molecule has 0 aliphatic heterocycles. The number of nitrogens with zero attached hydrogens (tertiary/aromatic N) is 2. The normalized spacial score (nSPS) is 10.8. The largest absolute Gasteiger partial charge is 0.497 e. The first-order valence-corrected chi connectivity index (χ1v) is 12.9. The number of hydrogen-bond donors (Lipinski definition) is 1. The molecular weight excluding hydrogens is 617 g/mol. The maximum Gasteiger partial charge on any atom is 0.332 e. The van der Waals surface area contributed by atoms with Crippen molar-refractivity contribution >= 4 is 50.9 Å². The highest BCUT2D eigenvalue weighted by atomic mass is 127. The Labute approximate surface area is 237 Å². The average Bonchev–Trinajstić information content (AvgIpc) is 2.94. The summed E-state index contributed by atoms with van der Waals surface area (Å²) in [7, 11) is 4.54. The number of Topliss-reactive ketones (excluding diaryl/α,β-unsaturated/α-hetero) is 1. The van der Waals surface area contributed by atoms with Gasteiger partial charge >= 0.3 is 5.69 Å². The number of benzene rings is 3. The molecule has 0 atom stereocenters. The second kappa shape index (κ2) is 12.2. The van der Waals surface area contributed by atoms with Gasteiger partial charge in [0.2, 0.25) is 5.91 Å². The Kier molecular flexibility index (Phi) is 8.69. The van der Waals surface area contributed by atoms with Crippen LogP contribution in [0.15, 0.2) is 70.3 Å². The zero-order chi connectivity index (χ0) is 28.1. The zero-order valence-electron chi connectivity index (χ0n) is 21.5. The first-order valence-electron chi connectivity index (χ1n) is 11.8. The summed E-state index contributed by atoms with van der Waals surface area (Å²) in [6.45, 7) is -0.821. The van der Waals surface area contributed by atoms with Crippen LogP contribution in [0.4, 0.5) is 5.69 Å². The zero-order valence-corrected chi connectivity index (χ0v) is 23.7. The maximum atomic E-state index is 13.5. The highest BCUT2D eigenvalue weighted by molar-refractivity contribution is 14.1. The summed E-state index contributed by atoms with van der Waals surface area (Å²) in [6, 6.07) is 16.8. The molecule has 0 bridgehead atoms. The van der Waals surface area contributed by atoms with E-state index < -0.39 is 30.2 Å². The van der Waals surface area contributed by atoms with Gasteiger partial charge in [0.15, 0.2) is 5.78 Å². The predicted octanol–water partition coefficient (Wildman–Crippen LogP) is 3.24. The summed E-state index contributed by atoms with van der Waals surface area (Å²) >= 11 is 2.07. The number of ketones is 1. The van der Waals surface area contributed by atoms with Crippen molar-refractivity contribution in [2.75, 3.05) is 26.6 Å². The summed E-state index contributed by atoms with van der Waals surface area (Å²) in [5.74, 6) is 0.769. The Morgan fingerprint density at radius 2 is 1.54 bits per heavy atom. The van der Waals surface area contributed by atoms with Crippen LogP contribution in [0.3, 0.4) is 0 Å². The molecule has 11 heteroatoms. The van der Waals surface area contributed by atoms with Crippen LogP contribution in [0.2, 0.25) is 0 Å². The summed E-state index contributed by atoms with van der Waals surface area (Å²) in [4.78, 5) is 52.6. The standard InChI is InChI=1S/C28H26IN3O7/c1-37-19-10-8-17(9-11-19)12-18(33)15-32-27(35)20-6-4-5-7-23(20)31(28(32)36)16-26(34)30-22-13-21(29)24(38-2)14-25(22)39-3/h4-11,13-14H,12,15-16H2,1-3H3,(H,30,34). The summed E-state index contributed by atoms with van der Waals surface area (Å²) in [6.07, 6.45) is 0.0269. The van der Waals surface area contributed by atoms with Crippen molar-refractivity contribution in [2.24, 2.45) is 0 Å². The van der Waals surface area contributed by atoms with E-state index in [-0.39, 0.29) is 23.1 Å². The molecule has 0 saturated heterocycles. The number of ether oxygens (including phenoxy) is 3. The number of rotatable bonds is 10. The summed E-state index contributed by atoms with van der Waals surface area (Å²) in [5.41, 5.74) is 0.0539. The van der Waals surface area contributed by atoms with Gasteiger partial charge in [-0.2, -0.15) is 0 Å². The van der Waals surface area contributed by atoms with Gasteiger partial charge in [-0.1, -0.05) is 24.3 Å². The van der Waals surface area contributed by atoms with Crippen molar-refractivity contribution in [3.63, 3.8) is 0 Å². The third kappa shape index (κ3) is 6.14. The van der Waals surface area contributed by atoms with Crippen LogP contribution in [-0.4, -0.2) is 42.2 Å². The summed E-state index contributed by atoms with van der Waals surface area (Å²) < 4.78 is 18.6. The molecule has 0 unspecified atom stereocenters. The van der Waals surface area contributed by atoms with E-state index in [1.807, 2.05) is 0 Å². The maximum absolute atomic E-state index is 13.5. The van der Waals surface area contributed by atoms with E-state index in [0.29, 0.717) is 22.9 Å². The average molecular weight is 643 g/mol. The predicted molar refractivity (Wildman–Crippen MR) is 155 cm³/mol. The second-order valence-corrected chi connectivity index (χ2v) is 9.74. The molecule has 1 N–H and O–H groups in total. The highest BCUT2D eigenvalue weighted by Crippen LogP contribution is 2.33. The van der Waals surface area contributed by atoms with Crippen LogP contribution >= 0.6 is 22.6 Å². The second-order valence-electron chi connectivity index (χ2n) is 8.58. The van der Waals surface area contributed by atoms with Crippen molar-refractivity contribution in [3.05, 3.63) is 90.6 Å². The van der Waals surface area contributed by atoms with Gasteiger partial charge in [0.1, 0.15) is 23.8 Å². The SMILES string of the molecule is COc1ccc(CC(=O)Cn2c(=O)c3ccccc3n(CC(=O)Nc3cc(I)c(OC)cc3OC)c2=O)cc1. The third-order valence-corrected chi connectivity index (χ3v) is 6.92. The van der Waals surface area contributed by atoms with Gasteiger partial charge in [-0.3, -0.25) is 23.5 Å². The topological polar surface area (TPSA) is 118 Å². The van der Waals surface area contributed by atoms with Crippen LogP contribution in [-0.2, 0) is 29.1 Å². The van der Waals surface area contributed by atoms with Crippen LogP contribution in [0.25, 0.3) is 10.9 Å². The molecule has 10 nitrogen and oxygen atoms in total. The van der Waals surface area contributed by atoms with E-state index in [9.17, 15) is 19.2 Å². The number of halogens is 1. The van der Waals surface area contributed by atoms with E-state index in [4.69, 9.17) is 14.2 Å². The smallest absolute Gasteiger partial charge is 0.332 e. The molecule has 0 saturated carbocycles. The molecule has 0 fully saturated rings. The Hall–Kier alpha value is -4.13. The summed E-state index contributed by atoms with van der Waals surface area (Å²) in [5, 5.41) is 2.98. The Morgan fingerprint density at radius 1 is 0.846 bits per heavy atom. The number of fused-ring (bicyclic) bond motifs is 1. The van der Waals surface area contributed by atoms with Gasteiger partial charge in [-0.05, 0) is 58.5 Å². The van der Waals surface area contributed by atoms with Crippen molar-refractivity contribution in [1.82, 2.24) is 9.13 Å². The van der Waals surface area contributed by atoms with E-state index in [1.54, 1.807) is 67.8 Å². The van der Waals surface area contributed by atoms with Gasteiger partial charge in [0.25, 0.3) is 5.56 Å². The Morgan fingerprint density at radius 3 is 2.21 bits per heavy atom. The minimum Gasteiger partial charge on any atom is -0.497 e. The quantitative estimate of drug-likeness (QED) is 0.264. The van der Waals surface area contributed by atoms with Crippen LogP contribution < -0.4 is 30.8 Å². The van der Waals surface area contributed by atoms with E-state index in [0.717, 1.165) is 13.7 Å². The molecule has 0 spiro atoms. The lowest BCUT2D eigenvalue weighted by atomic mass is 10.1. The molecule has 1 heterocycles. The molecule has 0 radical (unpaired) electrons. The number of hydrogen-bond acceptors (Lipinski definition) is 7. The molecule has 1 aromatic heterocycles. The first-order chi connectivity index (χ1) is 18.7. The number of carbonyl (C=O) groups excluding carboxylic acids is 2. The molecular formula is C28H26IN3O7. The lowest BCUT2D eigenvalue weighted by molar-refractivity contribution is -0.119. The Bertz CT molecular complexity index is 1660. The highest BCUT2D eigenvalue weighted by Gasteiger charge is 2.19. The number of aromatic nitrogens is 2. The van der Waals surface area contributed by atoms with Crippen LogP contribution in [0.1, 0.15) is 5.56 Å². The minimum atomic E-state index is -0.756. The fraction of sp³-hybridized carbons (Fsp3) is 0.214. The minimum absolute atomic E-state index is 0.0269. The third-order valence-electron chi connectivity index (χ3n) is 6.08. The fourth-order valence-electron chi connectivity index (χ4n) is 4.16. The molecule has 4 aromatic rings. The van der Waals surface area contributed by atoms with Crippen molar-refractivity contribution < 1.29 is 23.8 Å². The van der Waals surface area contributed by atoms with Crippen molar-refractivity contribution in [1.29, 1.82) is 0 Å². The van der Waals surface area contributed by atoms with Gasteiger partial charge in [0.05, 0.1) is 48.0 Å². The molecule has 4 rings (SSSR count). The van der Waals surface area contributed by atoms with Crippen molar-refractivity contribution in [2.45, 2.75) is 19.5 Å². The number of anilines is 1. The van der Waals surface area contributed by atoms with Gasteiger partial charge < -0.3 is 19.5 Å². The number of amides is 1. The Balaban J connectivity index is 1.65. The molecule has 0 aliphatic rings. The molecule has 39 heavy (non-hydrogen) atoms. The van der Waals surface area contributed by atoms with E-state index in [1.165, 1.54) is 18.8 Å². The van der Waals surface area contributed by atoms with E-state index >= 15 is 0 Å². The van der Waals surface area contributed by atoms with Crippen LogP contribution in [0, 0.1) is 3.57 Å². The van der Waals surface area contributed by atoms with E-state index in [2.05, 4.69) is 27.9 Å². The lowest BCUT2D eigenvalue weighted by Crippen LogP contribution is -2.43. The molecule has 1 amide bonds. The van der Waals surface area contributed by atoms with Crippen molar-refractivity contribution in [3.8, 4) is 17.2 Å². The first kappa shape index (κ1) is 27.9. The number of para-hydroxylation sites is 1. The molecule has 0 aliphatic carbocycles. The number of carbonyl (C=O) groups is 2. The lowest BCUT2D eigenvalue weighted by Gasteiger charge is -2.16. The van der Waals surface area contributed by atoms with Crippen LogP contribution in [0.5, 0.6) is 17.2 Å². The number of nitrogens with one attached hydrogen (secondary N) is 1. The van der Waals surface area contributed by atoms with Gasteiger partial charge in [0, 0.05) is 12.5 Å². The van der Waals surface area contributed by atoms with Gasteiger partial charge in [-0.15, -0.1) is 0 Å². The van der Waals surface area contributed by atoms with Gasteiger partial charge in [-0.25, -0.2) is 4.79 Å².